The van der Waals surface area contributed by atoms with Gasteiger partial charge >= 0.3 is 5.97 Å². The zero-order valence-electron chi connectivity index (χ0n) is 14.8. The standard InChI is InChI=1S/C23H16BrNO3/c24-19-12-10-16(11-13-19)15-27-21-9-5-4-8-18(21)14-20-23(26)28-22(25-20)17-6-2-1-3-7-17/h1-14H,15H2. The van der Waals surface area contributed by atoms with Gasteiger partial charge in [0.15, 0.2) is 5.70 Å². The van der Waals surface area contributed by atoms with Gasteiger partial charge in [-0.25, -0.2) is 9.79 Å². The van der Waals surface area contributed by atoms with Crippen LogP contribution in [-0.2, 0) is 16.1 Å². The Hall–Kier alpha value is -3.18. The number of benzene rings is 3. The molecular weight excluding hydrogens is 418 g/mol. The van der Waals surface area contributed by atoms with Crippen LogP contribution in [0.4, 0.5) is 0 Å². The summed E-state index contributed by atoms with van der Waals surface area (Å²) >= 11 is 3.42. The van der Waals surface area contributed by atoms with Crippen molar-refractivity contribution in [2.45, 2.75) is 6.61 Å². The summed E-state index contributed by atoms with van der Waals surface area (Å²) < 4.78 is 12.3. The van der Waals surface area contributed by atoms with Crippen molar-refractivity contribution < 1.29 is 14.3 Å². The van der Waals surface area contributed by atoms with Crippen molar-refractivity contribution in [1.82, 2.24) is 0 Å². The number of halogens is 1. The van der Waals surface area contributed by atoms with E-state index >= 15 is 0 Å². The molecule has 138 valence electrons. The van der Waals surface area contributed by atoms with Gasteiger partial charge in [0, 0.05) is 15.6 Å². The molecule has 1 aliphatic rings. The highest BCUT2D eigenvalue weighted by Crippen LogP contribution is 2.25. The Morgan fingerprint density at radius 2 is 1.64 bits per heavy atom. The first-order valence-electron chi connectivity index (χ1n) is 8.73. The minimum atomic E-state index is -0.471. The number of para-hydroxylation sites is 1. The van der Waals surface area contributed by atoms with E-state index in [1.54, 1.807) is 6.08 Å². The van der Waals surface area contributed by atoms with Crippen LogP contribution in [-0.4, -0.2) is 11.9 Å². The first-order valence-corrected chi connectivity index (χ1v) is 9.52. The third kappa shape index (κ3) is 4.21. The lowest BCUT2D eigenvalue weighted by Crippen LogP contribution is -2.05. The van der Waals surface area contributed by atoms with Crippen LogP contribution >= 0.6 is 15.9 Å². The number of hydrogen-bond donors (Lipinski definition) is 0. The predicted octanol–water partition coefficient (Wildman–Crippen LogP) is 5.37. The summed E-state index contributed by atoms with van der Waals surface area (Å²) in [5, 5.41) is 0. The molecule has 0 N–H and O–H groups in total. The first-order chi connectivity index (χ1) is 13.7. The van der Waals surface area contributed by atoms with Crippen molar-refractivity contribution in [3.63, 3.8) is 0 Å². The number of rotatable bonds is 5. The molecule has 3 aromatic carbocycles. The van der Waals surface area contributed by atoms with Gasteiger partial charge in [-0.05, 0) is 42.0 Å². The topological polar surface area (TPSA) is 47.9 Å². The fourth-order valence-electron chi connectivity index (χ4n) is 2.73. The Morgan fingerprint density at radius 1 is 0.929 bits per heavy atom. The largest absolute Gasteiger partial charge is 0.488 e. The van der Waals surface area contributed by atoms with Crippen LogP contribution in [0, 0.1) is 0 Å². The lowest BCUT2D eigenvalue weighted by molar-refractivity contribution is -0.129. The van der Waals surface area contributed by atoms with E-state index in [4.69, 9.17) is 9.47 Å². The van der Waals surface area contributed by atoms with Crippen molar-refractivity contribution in [3.8, 4) is 5.75 Å². The summed E-state index contributed by atoms with van der Waals surface area (Å²) in [6.07, 6.45) is 1.69. The predicted molar refractivity (Wildman–Crippen MR) is 112 cm³/mol. The van der Waals surface area contributed by atoms with Crippen LogP contribution in [0.3, 0.4) is 0 Å². The highest BCUT2D eigenvalue weighted by Gasteiger charge is 2.24. The monoisotopic (exact) mass is 433 g/mol. The van der Waals surface area contributed by atoms with Crippen molar-refractivity contribution >= 4 is 33.9 Å². The van der Waals surface area contributed by atoms with E-state index in [0.29, 0.717) is 18.3 Å². The van der Waals surface area contributed by atoms with Gasteiger partial charge in [0.05, 0.1) is 0 Å². The Balaban J connectivity index is 1.57. The summed E-state index contributed by atoms with van der Waals surface area (Å²) in [5.74, 6) is 0.515. The summed E-state index contributed by atoms with van der Waals surface area (Å²) in [5.41, 5.74) is 2.83. The molecule has 0 aliphatic carbocycles. The molecule has 0 amide bonds. The van der Waals surface area contributed by atoms with E-state index < -0.39 is 5.97 Å². The van der Waals surface area contributed by atoms with Gasteiger partial charge in [-0.2, -0.15) is 0 Å². The summed E-state index contributed by atoms with van der Waals surface area (Å²) in [7, 11) is 0. The molecule has 4 rings (SSSR count). The molecule has 1 heterocycles. The van der Waals surface area contributed by atoms with Gasteiger partial charge in [0.25, 0.3) is 0 Å². The molecular formula is C23H16BrNO3. The molecule has 4 nitrogen and oxygen atoms in total. The average molecular weight is 434 g/mol. The maximum atomic E-state index is 12.2. The van der Waals surface area contributed by atoms with Crippen LogP contribution in [0.15, 0.2) is 94.0 Å². The Bertz CT molecular complexity index is 1060. The van der Waals surface area contributed by atoms with Crippen molar-refractivity contribution in [3.05, 3.63) is 106 Å². The van der Waals surface area contributed by atoms with Gasteiger partial charge in [-0.3, -0.25) is 0 Å². The minimum Gasteiger partial charge on any atom is -0.488 e. The second-order valence-electron chi connectivity index (χ2n) is 6.16. The van der Waals surface area contributed by atoms with Crippen LogP contribution in [0.1, 0.15) is 16.7 Å². The molecule has 1 aliphatic heterocycles. The molecule has 0 aromatic heterocycles. The maximum Gasteiger partial charge on any atom is 0.363 e. The van der Waals surface area contributed by atoms with Gasteiger partial charge < -0.3 is 9.47 Å². The number of aliphatic imine (C=N–C) groups is 1. The molecule has 0 saturated carbocycles. The molecule has 0 fully saturated rings. The van der Waals surface area contributed by atoms with E-state index in [2.05, 4.69) is 20.9 Å². The fraction of sp³-hybridized carbons (Fsp3) is 0.0435. The Morgan fingerprint density at radius 3 is 2.43 bits per heavy atom. The quantitative estimate of drug-likeness (QED) is 0.401. The van der Waals surface area contributed by atoms with E-state index in [1.165, 1.54) is 0 Å². The molecule has 0 spiro atoms. The SMILES string of the molecule is O=C1OC(c2ccccc2)=NC1=Cc1ccccc1OCc1ccc(Br)cc1. The first kappa shape index (κ1) is 18.2. The normalized spacial score (nSPS) is 14.7. The van der Waals surface area contributed by atoms with Crippen LogP contribution in [0.2, 0.25) is 0 Å². The second-order valence-corrected chi connectivity index (χ2v) is 7.07. The Kier molecular flexibility index (Phi) is 5.35. The summed E-state index contributed by atoms with van der Waals surface area (Å²) in [4.78, 5) is 16.6. The van der Waals surface area contributed by atoms with Crippen LogP contribution < -0.4 is 4.74 Å². The van der Waals surface area contributed by atoms with Crippen molar-refractivity contribution in [2.75, 3.05) is 0 Å². The summed E-state index contributed by atoms with van der Waals surface area (Å²) in [6.45, 7) is 0.427. The molecule has 0 atom stereocenters. The van der Waals surface area contributed by atoms with E-state index in [0.717, 1.165) is 21.2 Å². The number of carbonyl (C=O) groups excluding carboxylic acids is 1. The van der Waals surface area contributed by atoms with Crippen molar-refractivity contribution in [1.29, 1.82) is 0 Å². The molecule has 28 heavy (non-hydrogen) atoms. The lowest BCUT2D eigenvalue weighted by Gasteiger charge is -2.09. The third-order valence-corrected chi connectivity index (χ3v) is 4.69. The van der Waals surface area contributed by atoms with Crippen molar-refractivity contribution in [2.24, 2.45) is 4.99 Å². The molecule has 5 heteroatoms. The zero-order chi connectivity index (χ0) is 19.3. The molecule has 0 unspecified atom stereocenters. The lowest BCUT2D eigenvalue weighted by atomic mass is 10.1. The molecule has 0 bridgehead atoms. The number of esters is 1. The Labute approximate surface area is 171 Å². The molecule has 0 saturated heterocycles. The van der Waals surface area contributed by atoms with E-state index in [-0.39, 0.29) is 5.70 Å². The number of cyclic esters (lactones) is 1. The van der Waals surface area contributed by atoms with Gasteiger partial charge in [0.2, 0.25) is 5.90 Å². The second kappa shape index (κ2) is 8.23. The average Bonchev–Trinajstić information content (AvgIpc) is 3.10. The van der Waals surface area contributed by atoms with Crippen LogP contribution in [0.5, 0.6) is 5.75 Å². The zero-order valence-corrected chi connectivity index (χ0v) is 16.4. The number of nitrogens with zero attached hydrogens (tertiary/aromatic N) is 1. The summed E-state index contributed by atoms with van der Waals surface area (Å²) in [6, 6.07) is 24.8. The number of hydrogen-bond acceptors (Lipinski definition) is 4. The molecule has 0 radical (unpaired) electrons. The highest BCUT2D eigenvalue weighted by molar-refractivity contribution is 9.10. The fourth-order valence-corrected chi connectivity index (χ4v) is 3.00. The highest BCUT2D eigenvalue weighted by atomic mass is 79.9. The molecule has 3 aromatic rings. The van der Waals surface area contributed by atoms with E-state index in [9.17, 15) is 4.79 Å². The van der Waals surface area contributed by atoms with Gasteiger partial charge in [-0.15, -0.1) is 0 Å². The maximum absolute atomic E-state index is 12.2. The number of ether oxygens (including phenoxy) is 2. The van der Waals surface area contributed by atoms with E-state index in [1.807, 2.05) is 78.9 Å². The number of carbonyl (C=O) groups is 1. The third-order valence-electron chi connectivity index (χ3n) is 4.16. The van der Waals surface area contributed by atoms with Gasteiger partial charge in [-0.1, -0.05) is 64.5 Å². The van der Waals surface area contributed by atoms with Gasteiger partial charge in [0.1, 0.15) is 12.4 Å². The van der Waals surface area contributed by atoms with Crippen LogP contribution in [0.25, 0.3) is 6.08 Å². The minimum absolute atomic E-state index is 0.249. The smallest absolute Gasteiger partial charge is 0.363 e.